The van der Waals surface area contributed by atoms with Crippen LogP contribution in [0.15, 0.2) is 24.3 Å². The molecule has 1 saturated heterocycles. The number of carbonyl (C=O) groups is 1. The molecule has 4 heterocycles. The smallest absolute Gasteiger partial charge is 0.231 e. The lowest BCUT2D eigenvalue weighted by atomic mass is 9.66. The van der Waals surface area contributed by atoms with Gasteiger partial charge in [-0.1, -0.05) is 18.2 Å². The van der Waals surface area contributed by atoms with Gasteiger partial charge >= 0.3 is 0 Å². The summed E-state index contributed by atoms with van der Waals surface area (Å²) in [5.74, 6) is 0.757. The number of halogens is 1. The van der Waals surface area contributed by atoms with Gasteiger partial charge in [-0.25, -0.2) is 0 Å². The molecule has 3 atom stereocenters. The van der Waals surface area contributed by atoms with E-state index in [9.17, 15) is 9.90 Å². The fourth-order valence-electron chi connectivity index (χ4n) is 5.45. The van der Waals surface area contributed by atoms with Crippen LogP contribution in [0.4, 0.5) is 0 Å². The van der Waals surface area contributed by atoms with Gasteiger partial charge in [0.25, 0.3) is 0 Å². The molecule has 1 aromatic heterocycles. The zero-order valence-corrected chi connectivity index (χ0v) is 14.3. The number of rotatable bonds is 2. The van der Waals surface area contributed by atoms with Gasteiger partial charge in [-0.15, -0.1) is 11.6 Å². The lowest BCUT2D eigenvalue weighted by Crippen LogP contribution is -2.44. The summed E-state index contributed by atoms with van der Waals surface area (Å²) in [6.45, 7) is 1.71. The van der Waals surface area contributed by atoms with Crippen molar-refractivity contribution in [3.63, 3.8) is 0 Å². The van der Waals surface area contributed by atoms with Crippen LogP contribution < -0.4 is 0 Å². The van der Waals surface area contributed by atoms with E-state index in [0.29, 0.717) is 12.3 Å². The van der Waals surface area contributed by atoms with Gasteiger partial charge in [0.2, 0.25) is 5.91 Å². The van der Waals surface area contributed by atoms with Gasteiger partial charge in [-0.3, -0.25) is 14.3 Å². The molecule has 4 aliphatic rings. The first kappa shape index (κ1) is 14.9. The Morgan fingerprint density at radius 1 is 1.29 bits per heavy atom. The van der Waals surface area contributed by atoms with Crippen LogP contribution in [0.2, 0.25) is 0 Å². The summed E-state index contributed by atoms with van der Waals surface area (Å²) in [7, 11) is 0. The molecule has 0 saturated carbocycles. The minimum atomic E-state index is -0.393. The molecule has 5 heteroatoms. The Morgan fingerprint density at radius 2 is 2.12 bits per heavy atom. The lowest BCUT2D eigenvalue weighted by molar-refractivity contribution is 0.0387. The number of aliphatic hydroxyl groups excluding tert-OH is 1. The molecular weight excluding hydrogens is 324 g/mol. The summed E-state index contributed by atoms with van der Waals surface area (Å²) < 4.78 is 1.97. The molecule has 24 heavy (non-hydrogen) atoms. The normalized spacial score (nSPS) is 32.2. The van der Waals surface area contributed by atoms with Gasteiger partial charge in [0.05, 0.1) is 17.7 Å². The number of hydrogen-bond acceptors (Lipinski definition) is 3. The predicted octanol–water partition coefficient (Wildman–Crippen LogP) is 3.06. The van der Waals surface area contributed by atoms with Crippen LogP contribution in [-0.2, 0) is 5.41 Å². The molecule has 1 unspecified atom stereocenters. The van der Waals surface area contributed by atoms with E-state index >= 15 is 0 Å². The van der Waals surface area contributed by atoms with Crippen LogP contribution in [0.25, 0.3) is 10.9 Å². The van der Waals surface area contributed by atoms with Crippen LogP contribution >= 0.6 is 11.6 Å². The Labute approximate surface area is 146 Å². The number of hydrogen-bond donors (Lipinski definition) is 1. The molecule has 1 aliphatic carbocycles. The predicted molar refractivity (Wildman–Crippen MR) is 93.8 cm³/mol. The van der Waals surface area contributed by atoms with Crippen LogP contribution in [0, 0.1) is 0 Å². The molecule has 1 aromatic carbocycles. The Hall–Kier alpha value is -1.36. The van der Waals surface area contributed by atoms with E-state index in [1.807, 2.05) is 22.8 Å². The summed E-state index contributed by atoms with van der Waals surface area (Å²) in [4.78, 5) is 15.1. The van der Waals surface area contributed by atoms with E-state index in [4.69, 9.17) is 11.6 Å². The van der Waals surface area contributed by atoms with Gasteiger partial charge in [0, 0.05) is 40.9 Å². The van der Waals surface area contributed by atoms with Crippen molar-refractivity contribution in [3.05, 3.63) is 35.5 Å². The molecule has 1 spiro atoms. The Kier molecular flexibility index (Phi) is 3.16. The quantitative estimate of drug-likeness (QED) is 0.852. The maximum absolute atomic E-state index is 12.7. The maximum atomic E-state index is 12.7. The average Bonchev–Trinajstić information content (AvgIpc) is 2.79. The highest BCUT2D eigenvalue weighted by molar-refractivity contribution is 6.18. The van der Waals surface area contributed by atoms with E-state index in [0.717, 1.165) is 43.3 Å². The molecule has 4 nitrogen and oxygen atoms in total. The number of benzene rings is 1. The molecule has 1 fully saturated rings. The Bertz CT molecular complexity index is 845. The first-order valence-electron chi connectivity index (χ1n) is 8.81. The highest BCUT2D eigenvalue weighted by Gasteiger charge is 2.54. The second kappa shape index (κ2) is 5.07. The SMILES string of the molecule is O=C1CC[C@@]23CCN(CCCl)C(c4c2n1c1ccccc41)[C@H](O)C3. The zero-order chi connectivity index (χ0) is 16.5. The number of fused-ring (bicyclic) bond motifs is 5. The van der Waals surface area contributed by atoms with Crippen molar-refractivity contribution in [1.82, 2.24) is 9.47 Å². The minimum Gasteiger partial charge on any atom is -0.391 e. The molecule has 6 rings (SSSR count). The monoisotopic (exact) mass is 344 g/mol. The molecule has 2 aromatic rings. The minimum absolute atomic E-state index is 0.0496. The van der Waals surface area contributed by atoms with E-state index in [1.165, 1.54) is 11.3 Å². The van der Waals surface area contributed by atoms with Crippen molar-refractivity contribution >= 4 is 28.4 Å². The summed E-state index contributed by atoms with van der Waals surface area (Å²) in [6, 6.07) is 8.11. The summed E-state index contributed by atoms with van der Waals surface area (Å²) in [6.07, 6.45) is 2.78. The lowest BCUT2D eigenvalue weighted by Gasteiger charge is -2.43. The largest absolute Gasteiger partial charge is 0.391 e. The van der Waals surface area contributed by atoms with Crippen molar-refractivity contribution in [3.8, 4) is 0 Å². The number of nitrogens with zero attached hydrogens (tertiary/aromatic N) is 2. The number of carbonyl (C=O) groups excluding carboxylic acids is 1. The molecule has 2 bridgehead atoms. The van der Waals surface area contributed by atoms with Gasteiger partial charge in [0.1, 0.15) is 0 Å². The fraction of sp³-hybridized carbons (Fsp3) is 0.526. The van der Waals surface area contributed by atoms with Crippen molar-refractivity contribution in [2.24, 2.45) is 0 Å². The first-order chi connectivity index (χ1) is 11.7. The maximum Gasteiger partial charge on any atom is 0.231 e. The van der Waals surface area contributed by atoms with Crippen LogP contribution in [0.3, 0.4) is 0 Å². The first-order valence-corrected chi connectivity index (χ1v) is 9.35. The third kappa shape index (κ3) is 1.74. The Morgan fingerprint density at radius 3 is 2.96 bits per heavy atom. The third-order valence-electron chi connectivity index (χ3n) is 6.39. The van der Waals surface area contributed by atoms with Gasteiger partial charge < -0.3 is 5.11 Å². The summed E-state index contributed by atoms with van der Waals surface area (Å²) in [5, 5.41) is 12.1. The van der Waals surface area contributed by atoms with Gasteiger partial charge in [-0.05, 0) is 31.9 Å². The van der Waals surface area contributed by atoms with E-state index in [1.54, 1.807) is 0 Å². The van der Waals surface area contributed by atoms with Crippen molar-refractivity contribution < 1.29 is 9.90 Å². The van der Waals surface area contributed by atoms with Gasteiger partial charge in [0.15, 0.2) is 0 Å². The second-order valence-corrected chi connectivity index (χ2v) is 7.86. The summed E-state index contributed by atoms with van der Waals surface area (Å²) >= 11 is 6.04. The van der Waals surface area contributed by atoms with Crippen molar-refractivity contribution in [1.29, 1.82) is 0 Å². The van der Waals surface area contributed by atoms with Crippen molar-refractivity contribution in [2.75, 3.05) is 19.0 Å². The van der Waals surface area contributed by atoms with Crippen LogP contribution in [0.1, 0.15) is 47.8 Å². The fourth-order valence-corrected chi connectivity index (χ4v) is 5.67. The molecule has 3 aliphatic heterocycles. The zero-order valence-electron chi connectivity index (χ0n) is 13.5. The standard InChI is InChI=1S/C19H21ClN2O2/c20-8-10-21-9-7-19-6-5-15(24)22-13-4-2-1-3-12(13)16(18(19)22)17(21)14(23)11-19/h1-4,14,17,23H,5-11H2/t14-,17?,19+/m1/s1. The van der Waals surface area contributed by atoms with Crippen LogP contribution in [-0.4, -0.2) is 45.6 Å². The number of aromatic nitrogens is 1. The highest BCUT2D eigenvalue weighted by atomic mass is 35.5. The molecule has 1 N–H and O–H groups in total. The average molecular weight is 345 g/mol. The van der Waals surface area contributed by atoms with Crippen molar-refractivity contribution in [2.45, 2.75) is 43.2 Å². The third-order valence-corrected chi connectivity index (χ3v) is 6.55. The van der Waals surface area contributed by atoms with Gasteiger partial charge in [-0.2, -0.15) is 0 Å². The van der Waals surface area contributed by atoms with Crippen LogP contribution in [0.5, 0.6) is 0 Å². The number of aliphatic hydroxyl groups is 1. The topological polar surface area (TPSA) is 45.5 Å². The number of para-hydroxylation sites is 1. The van der Waals surface area contributed by atoms with E-state index in [2.05, 4.69) is 11.0 Å². The highest BCUT2D eigenvalue weighted by Crippen LogP contribution is 2.56. The molecule has 126 valence electrons. The summed E-state index contributed by atoms with van der Waals surface area (Å²) in [5.41, 5.74) is 3.30. The number of alkyl halides is 1. The Balaban J connectivity index is 1.88. The van der Waals surface area contributed by atoms with E-state index < -0.39 is 6.10 Å². The molecular formula is C19H21ClN2O2. The molecule has 0 amide bonds. The van der Waals surface area contributed by atoms with E-state index in [-0.39, 0.29) is 17.4 Å². The second-order valence-electron chi connectivity index (χ2n) is 7.48. The molecule has 0 radical (unpaired) electrons.